The molecule has 8 fully saturated rings. The van der Waals surface area contributed by atoms with Gasteiger partial charge in [-0.1, -0.05) is 263 Å². The molecule has 14 rings (SSSR count). The van der Waals surface area contributed by atoms with Gasteiger partial charge in [-0.3, -0.25) is 20.2 Å². The van der Waals surface area contributed by atoms with Crippen LogP contribution in [0, 0.1) is 6.92 Å². The van der Waals surface area contributed by atoms with E-state index >= 15 is 0 Å². The van der Waals surface area contributed by atoms with Gasteiger partial charge in [-0.15, -0.1) is 0 Å². The van der Waals surface area contributed by atoms with Crippen molar-refractivity contribution in [1.29, 1.82) is 0 Å². The van der Waals surface area contributed by atoms with Crippen LogP contribution in [-0.4, -0.2) is 171 Å². The number of sulfonamides is 4. The molecule has 8 saturated carbocycles. The van der Waals surface area contributed by atoms with Crippen molar-refractivity contribution in [2.45, 2.75) is 352 Å². The van der Waals surface area contributed by atoms with Crippen LogP contribution in [0.2, 0.25) is 0 Å². The van der Waals surface area contributed by atoms with Gasteiger partial charge in [-0.05, 0) is 182 Å². The van der Waals surface area contributed by atoms with Crippen molar-refractivity contribution in [3.63, 3.8) is 0 Å². The van der Waals surface area contributed by atoms with Crippen LogP contribution in [0.4, 0.5) is 99.1 Å². The minimum absolute atomic E-state index is 0.0259. The Morgan fingerprint density at radius 1 is 0.297 bits per heavy atom. The first kappa shape index (κ1) is 120. The summed E-state index contributed by atoms with van der Waals surface area (Å²) in [6.07, 6.45) is 27.9. The van der Waals surface area contributed by atoms with Gasteiger partial charge in [0.25, 0.3) is 10.0 Å². The molecule has 13 N–H and O–H groups in total. The lowest BCUT2D eigenvalue weighted by atomic mass is 9.95. The number of hydrogen-bond acceptors (Lipinski definition) is 16. The summed E-state index contributed by atoms with van der Waals surface area (Å²) < 4.78 is 297. The van der Waals surface area contributed by atoms with E-state index in [4.69, 9.17) is 4.99 Å². The number of amides is 3. The molecule has 48 heteroatoms. The molecule has 0 unspecified atom stereocenters. The topological polar surface area (TPSA) is 401 Å². The Morgan fingerprint density at radius 2 is 0.568 bits per heavy atom. The van der Waals surface area contributed by atoms with Crippen LogP contribution in [0.1, 0.15) is 262 Å². The maximum absolute atomic E-state index is 14.1. The summed E-state index contributed by atoms with van der Waals surface area (Å²) in [6.45, 7) is 1.95. The number of halogens is 15. The monoisotopic (exact) mass is 2180 g/mol. The van der Waals surface area contributed by atoms with Gasteiger partial charge < -0.3 is 37.2 Å². The Hall–Kier alpha value is -11.2. The van der Waals surface area contributed by atoms with Gasteiger partial charge in [-0.2, -0.15) is 82.7 Å². The average molecular weight is 2180 g/mol. The van der Waals surface area contributed by atoms with Gasteiger partial charge in [0, 0.05) is 41.2 Å². The third-order valence-electron chi connectivity index (χ3n) is 25.2. The molecule has 0 atom stereocenters. The molecule has 8 aliphatic rings. The molecule has 6 aromatic rings. The number of alkyl halides is 15. The zero-order valence-corrected chi connectivity index (χ0v) is 86.0. The smallest absolute Gasteiger partial charge is 0.353 e. The summed E-state index contributed by atoms with van der Waals surface area (Å²) >= 11 is 0. The number of urea groups is 1. The van der Waals surface area contributed by atoms with Crippen molar-refractivity contribution >= 4 is 116 Å². The van der Waals surface area contributed by atoms with Gasteiger partial charge in [-0.25, -0.2) is 65.8 Å². The lowest BCUT2D eigenvalue weighted by Crippen LogP contribution is -2.66. The Bertz CT molecular complexity index is 5700. The largest absolute Gasteiger partial charge is 0.516 e. The van der Waals surface area contributed by atoms with Crippen LogP contribution >= 0.6 is 0 Å². The molecule has 148 heavy (non-hydrogen) atoms. The first-order chi connectivity index (χ1) is 70.1. The van der Waals surface area contributed by atoms with Crippen molar-refractivity contribution in [1.82, 2.24) is 50.8 Å². The minimum atomic E-state index is -7.31. The van der Waals surface area contributed by atoms with E-state index in [9.17, 15) is 109 Å². The highest BCUT2D eigenvalue weighted by Gasteiger charge is 2.85. The number of carbonyl (C=O) groups is 2. The number of hydrogen-bond donors (Lipinski definition) is 13. The second-order valence-corrected chi connectivity index (χ2v) is 44.4. The summed E-state index contributed by atoms with van der Waals surface area (Å²) in [5, 5.41) is 18.4. The molecule has 29 nitrogen and oxygen atoms in total. The van der Waals surface area contributed by atoms with Crippen LogP contribution in [0.5, 0.6) is 0 Å². The van der Waals surface area contributed by atoms with Crippen molar-refractivity contribution in [2.75, 3.05) is 22.2 Å². The molecule has 0 aliphatic heterocycles. The molecule has 0 radical (unpaired) electrons. The first-order valence-electron chi connectivity index (χ1n) is 50.3. The van der Waals surface area contributed by atoms with Gasteiger partial charge in [0.2, 0.25) is 45.8 Å². The molecule has 0 aromatic heterocycles. The molecule has 0 spiro atoms. The van der Waals surface area contributed by atoms with Gasteiger partial charge >= 0.3 is 66.9 Å². The lowest BCUT2D eigenvalue weighted by Gasteiger charge is -2.33. The number of carbonyl (C=O) groups excluding carboxylic acids is 2. The van der Waals surface area contributed by atoms with E-state index in [2.05, 4.69) is 76.9 Å². The van der Waals surface area contributed by atoms with Gasteiger partial charge in [0.05, 0.1) is 46.7 Å². The fourth-order valence-corrected chi connectivity index (χ4v) is 20.3. The number of aliphatic imine (C=N–C) groups is 6. The molecule has 0 bridgehead atoms. The number of para-hydroxylation sites is 5. The molecular formula is C100H136F15N19O10S4. The second kappa shape index (κ2) is 58.3. The quantitative estimate of drug-likeness (QED) is 0.0181. The number of guanidine groups is 6. The zero-order chi connectivity index (χ0) is 108. The second-order valence-electron chi connectivity index (χ2n) is 37.6. The number of benzene rings is 6. The van der Waals surface area contributed by atoms with E-state index in [0.717, 1.165) is 150 Å². The maximum Gasteiger partial charge on any atom is 0.516 e. The summed E-state index contributed by atoms with van der Waals surface area (Å²) in [6, 6.07) is 51.6. The van der Waals surface area contributed by atoms with E-state index in [1.165, 1.54) is 83.3 Å². The molecule has 8 aliphatic carbocycles. The van der Waals surface area contributed by atoms with Crippen molar-refractivity contribution < 1.29 is 109 Å². The van der Waals surface area contributed by atoms with Crippen LogP contribution in [0.25, 0.3) is 0 Å². The molecule has 0 heterocycles. The van der Waals surface area contributed by atoms with Crippen molar-refractivity contribution in [3.8, 4) is 0 Å². The Balaban J connectivity index is 0.000000198. The molecule has 820 valence electrons. The number of rotatable bonds is 21. The third-order valence-corrected chi connectivity index (χ3v) is 29.6. The number of nitrogens with one attached hydrogen (secondary N) is 13. The van der Waals surface area contributed by atoms with E-state index in [-0.39, 0.29) is 47.0 Å². The highest BCUT2D eigenvalue weighted by Crippen LogP contribution is 2.55. The number of anilines is 3. The highest BCUT2D eigenvalue weighted by molar-refractivity contribution is 7.91. The predicted octanol–water partition coefficient (Wildman–Crippen LogP) is 22.1. The maximum atomic E-state index is 14.1. The highest BCUT2D eigenvalue weighted by atomic mass is 32.2. The molecular weight excluding hydrogens is 2040 g/mol. The first-order valence-corrected chi connectivity index (χ1v) is 56.6. The third kappa shape index (κ3) is 42.0. The molecule has 6 aromatic carbocycles. The van der Waals surface area contributed by atoms with Crippen LogP contribution in [-0.2, 0) is 44.9 Å². The zero-order valence-electron chi connectivity index (χ0n) is 82.7. The number of nitrogens with zero attached hydrogens (tertiary/aromatic N) is 6. The van der Waals surface area contributed by atoms with E-state index in [1.807, 2.05) is 110 Å². The summed E-state index contributed by atoms with van der Waals surface area (Å²) in [4.78, 5) is 49.7. The van der Waals surface area contributed by atoms with Crippen LogP contribution in [0.3, 0.4) is 0 Å². The van der Waals surface area contributed by atoms with E-state index in [1.54, 1.807) is 82.8 Å². The lowest BCUT2D eigenvalue weighted by molar-refractivity contribution is -0.382. The summed E-state index contributed by atoms with van der Waals surface area (Å²) in [5.41, 5.74) is -1.12. The van der Waals surface area contributed by atoms with Crippen LogP contribution in [0.15, 0.2) is 211 Å². The minimum Gasteiger partial charge on any atom is -0.353 e. The van der Waals surface area contributed by atoms with E-state index < -0.39 is 99.0 Å². The fourth-order valence-electron chi connectivity index (χ4n) is 17.4. The fraction of sp³-hybridized carbons (Fsp3) is 0.560. The Morgan fingerprint density at radius 3 is 0.858 bits per heavy atom. The van der Waals surface area contributed by atoms with Gasteiger partial charge in [0.15, 0.2) is 0 Å². The normalized spacial score (nSPS) is 18.6. The number of aryl methyl sites for hydroxylation is 1. The summed E-state index contributed by atoms with van der Waals surface area (Å²) in [5.74, 6) is -16.9. The standard InChI is InChI=1S/C20H18N4O.C20H31N3O2S.C17H24F9N3O2S.C15H12F3N3O.C14H24F3N3O2S.C14H27N3O2S/c25-20(23-18-14-8-3-9-15-18)24-19(21-16-10-4-1-5-11-16)22-17-12-6-2-7-13-17;1-16-12-14-19(15-13-16)26(24,25)23-20(21-17-8-4-2-5-9-17)22-18-10-6-3-7-11-18;18-14(19,16(22,23)24)15(20,21)17(25,26)32(30,31)29-13(27-11-7-3-1-4-8-11)28-12-9-5-2-6-10-12;16-15(17,18)13(22)21-14(19-11-7-3-1-4-8-11)20-12-9-5-2-6-10-12;15-14(16,17)23(21,22)20-13(18-11-7-3-1-4-8-11)19-12-9-5-2-6-10-12;1-20(18,19)17-14(15-12-8-4-2-5-9-12)16-13-10-6-3-7-11-13/h1-15H,(H3,21,22,23,24,25);12-15,17-18H,2-11H2,1H3,(H2,21,22,23);11-12H,1-10H2,(H2,27,28,29);1-10H,(H2,19,20,21,22);11-12H,1-10H2,(H2,18,19,20);12-13H,2-11H2,1H3,(H2,15,16,17). The summed E-state index contributed by atoms with van der Waals surface area (Å²) in [7, 11) is -19.1. The SMILES string of the molecule is CS(=O)(=O)NC(=NC1CCCCC1)NC1CCCCC1.Cc1ccc(S(=O)(=O)NC(=NC2CCCCC2)NC2CCCCC2)cc1.O=C(NC(=Nc1ccccc1)Nc1ccccc1)C(F)(F)F.O=C(NC(=Nc1ccccc1)Nc1ccccc1)Nc1ccccc1.O=S(=O)(NC(=NC1CCCCC1)NC1CCCCC1)C(F)(F)C(F)(F)C(F)(F)C(F)(F)F.O=S(=O)(NC(=NC1CCCCC1)NC1CCCCC1)C(F)(F)F. The average Bonchev–Trinajstić information content (AvgIpc) is 0.720. The van der Waals surface area contributed by atoms with Crippen molar-refractivity contribution in [3.05, 3.63) is 181 Å². The Kier molecular flexibility index (Phi) is 47.4. The molecule has 3 amide bonds. The Labute approximate surface area is 856 Å². The molecule has 0 saturated heterocycles. The predicted molar refractivity (Wildman–Crippen MR) is 548 cm³/mol. The van der Waals surface area contributed by atoms with Gasteiger partial charge in [0.1, 0.15) is 0 Å². The van der Waals surface area contributed by atoms with Crippen LogP contribution < -0.4 is 66.7 Å². The van der Waals surface area contributed by atoms with Crippen molar-refractivity contribution in [2.24, 2.45) is 30.0 Å². The van der Waals surface area contributed by atoms with E-state index in [0.29, 0.717) is 98.4 Å².